The van der Waals surface area contributed by atoms with E-state index < -0.39 is 0 Å². The van der Waals surface area contributed by atoms with Crippen molar-refractivity contribution in [3.8, 4) is 0 Å². The maximum atomic E-state index is 11.6. The quantitative estimate of drug-likeness (QED) is 0.874. The van der Waals surface area contributed by atoms with Gasteiger partial charge in [-0.3, -0.25) is 10.2 Å². The number of anilines is 1. The second-order valence-electron chi connectivity index (χ2n) is 5.08. The minimum absolute atomic E-state index is 0.238. The van der Waals surface area contributed by atoms with E-state index in [1.807, 2.05) is 0 Å². The van der Waals surface area contributed by atoms with E-state index in [1.165, 1.54) is 19.3 Å². The van der Waals surface area contributed by atoms with Gasteiger partial charge in [-0.15, -0.1) is 0 Å². The van der Waals surface area contributed by atoms with Crippen LogP contribution in [0.1, 0.15) is 31.9 Å². The van der Waals surface area contributed by atoms with E-state index >= 15 is 0 Å². The lowest BCUT2D eigenvalue weighted by atomic mass is 10.0. The third kappa shape index (κ3) is 4.24. The van der Waals surface area contributed by atoms with Crippen LogP contribution in [0.5, 0.6) is 0 Å². The molecule has 6 heteroatoms. The van der Waals surface area contributed by atoms with Gasteiger partial charge in [0.15, 0.2) is 5.82 Å². The molecule has 2 amide bonds. The van der Waals surface area contributed by atoms with Gasteiger partial charge in [0.2, 0.25) is 0 Å². The van der Waals surface area contributed by atoms with E-state index in [0.29, 0.717) is 24.2 Å². The summed E-state index contributed by atoms with van der Waals surface area (Å²) in [5.74, 6) is 1.12. The Morgan fingerprint density at radius 1 is 1.58 bits per heavy atom. The summed E-state index contributed by atoms with van der Waals surface area (Å²) in [4.78, 5) is 14.0. The number of urea groups is 1. The van der Waals surface area contributed by atoms with Gasteiger partial charge >= 0.3 is 6.03 Å². The summed E-state index contributed by atoms with van der Waals surface area (Å²) in [6.45, 7) is 6.71. The smallest absolute Gasteiger partial charge is 0.320 e. The van der Waals surface area contributed by atoms with Crippen molar-refractivity contribution < 1.29 is 9.32 Å². The van der Waals surface area contributed by atoms with E-state index in [-0.39, 0.29) is 6.03 Å². The van der Waals surface area contributed by atoms with E-state index in [1.54, 1.807) is 13.0 Å². The van der Waals surface area contributed by atoms with Crippen molar-refractivity contribution in [2.75, 3.05) is 25.0 Å². The molecule has 2 heterocycles. The number of carbonyl (C=O) groups excluding carboxylic acids is 1. The van der Waals surface area contributed by atoms with Gasteiger partial charge in [0.1, 0.15) is 5.76 Å². The van der Waals surface area contributed by atoms with Crippen LogP contribution in [0.2, 0.25) is 0 Å². The molecule has 0 bridgehead atoms. The molecule has 19 heavy (non-hydrogen) atoms. The third-order valence-electron chi connectivity index (χ3n) is 3.49. The first kappa shape index (κ1) is 13.9. The summed E-state index contributed by atoms with van der Waals surface area (Å²) in [7, 11) is 0. The van der Waals surface area contributed by atoms with Crippen molar-refractivity contribution in [1.82, 2.24) is 15.4 Å². The number of nitrogens with zero attached hydrogens (tertiary/aromatic N) is 2. The topological polar surface area (TPSA) is 70.4 Å². The van der Waals surface area contributed by atoms with Crippen molar-refractivity contribution >= 4 is 11.8 Å². The maximum Gasteiger partial charge on any atom is 0.320 e. The van der Waals surface area contributed by atoms with Crippen molar-refractivity contribution in [2.45, 2.75) is 39.2 Å². The van der Waals surface area contributed by atoms with Gasteiger partial charge in [-0.1, -0.05) is 11.6 Å². The van der Waals surface area contributed by atoms with Gasteiger partial charge in [0.05, 0.1) is 0 Å². The zero-order valence-corrected chi connectivity index (χ0v) is 11.6. The second-order valence-corrected chi connectivity index (χ2v) is 5.08. The maximum absolute atomic E-state index is 11.6. The number of carbonyl (C=O) groups is 1. The lowest BCUT2D eigenvalue weighted by molar-refractivity contribution is 0.162. The van der Waals surface area contributed by atoms with Crippen LogP contribution in [0.4, 0.5) is 10.6 Å². The molecule has 0 saturated carbocycles. The van der Waals surface area contributed by atoms with Crippen LogP contribution in [0, 0.1) is 6.92 Å². The lowest BCUT2D eigenvalue weighted by Gasteiger charge is -2.33. The molecule has 1 aromatic heterocycles. The van der Waals surface area contributed by atoms with E-state index in [2.05, 4.69) is 27.6 Å². The Kier molecular flexibility index (Phi) is 4.79. The van der Waals surface area contributed by atoms with Crippen LogP contribution in [0.15, 0.2) is 10.6 Å². The first-order valence-electron chi connectivity index (χ1n) is 6.87. The van der Waals surface area contributed by atoms with Crippen molar-refractivity contribution in [3.05, 3.63) is 11.8 Å². The predicted molar refractivity (Wildman–Crippen MR) is 73.1 cm³/mol. The fourth-order valence-corrected chi connectivity index (χ4v) is 2.39. The van der Waals surface area contributed by atoms with Crippen LogP contribution in [0.25, 0.3) is 0 Å². The number of aryl methyl sites for hydroxylation is 1. The van der Waals surface area contributed by atoms with Crippen molar-refractivity contribution in [1.29, 1.82) is 0 Å². The Morgan fingerprint density at radius 2 is 2.42 bits per heavy atom. The van der Waals surface area contributed by atoms with Gasteiger partial charge in [-0.25, -0.2) is 4.79 Å². The second kappa shape index (κ2) is 6.56. The first-order chi connectivity index (χ1) is 9.15. The van der Waals surface area contributed by atoms with E-state index in [9.17, 15) is 4.79 Å². The predicted octanol–water partition coefficient (Wildman–Crippen LogP) is 1.98. The molecule has 1 aromatic rings. The number of piperidine rings is 1. The number of aromatic nitrogens is 1. The highest BCUT2D eigenvalue weighted by atomic mass is 16.5. The lowest BCUT2D eigenvalue weighted by Crippen LogP contribution is -2.43. The van der Waals surface area contributed by atoms with Gasteiger partial charge in [0.25, 0.3) is 0 Å². The minimum Gasteiger partial charge on any atom is -0.360 e. The summed E-state index contributed by atoms with van der Waals surface area (Å²) in [6, 6.07) is 2.07. The molecule has 0 aliphatic carbocycles. The van der Waals surface area contributed by atoms with Crippen LogP contribution >= 0.6 is 0 Å². The Balaban J connectivity index is 1.66. The van der Waals surface area contributed by atoms with Gasteiger partial charge in [-0.2, -0.15) is 0 Å². The highest BCUT2D eigenvalue weighted by molar-refractivity contribution is 5.88. The van der Waals surface area contributed by atoms with Gasteiger partial charge < -0.3 is 9.84 Å². The molecule has 1 aliphatic rings. The molecule has 1 fully saturated rings. The zero-order valence-electron chi connectivity index (χ0n) is 11.6. The van der Waals surface area contributed by atoms with E-state index in [0.717, 1.165) is 13.1 Å². The summed E-state index contributed by atoms with van der Waals surface area (Å²) in [5, 5.41) is 9.18. The number of nitrogens with one attached hydrogen (secondary N) is 2. The molecule has 6 nitrogen and oxygen atoms in total. The average molecular weight is 266 g/mol. The monoisotopic (exact) mass is 266 g/mol. The van der Waals surface area contributed by atoms with Crippen LogP contribution in [-0.4, -0.2) is 41.8 Å². The molecule has 1 unspecified atom stereocenters. The van der Waals surface area contributed by atoms with E-state index in [4.69, 9.17) is 4.52 Å². The fourth-order valence-electron chi connectivity index (χ4n) is 2.39. The number of hydrogen-bond donors (Lipinski definition) is 2. The van der Waals surface area contributed by atoms with Crippen LogP contribution < -0.4 is 10.6 Å². The first-order valence-corrected chi connectivity index (χ1v) is 6.87. The largest absolute Gasteiger partial charge is 0.360 e. The molecule has 0 radical (unpaired) electrons. The minimum atomic E-state index is -0.238. The number of likely N-dealkylation sites (tertiary alicyclic amines) is 1. The SMILES string of the molecule is Cc1cc(NC(=O)NCCN2CCCCC2C)no1. The summed E-state index contributed by atoms with van der Waals surface area (Å²) < 4.78 is 4.88. The molecule has 2 rings (SSSR count). The molecule has 1 saturated heterocycles. The highest BCUT2D eigenvalue weighted by Crippen LogP contribution is 2.15. The van der Waals surface area contributed by atoms with Gasteiger partial charge in [-0.05, 0) is 33.2 Å². The number of rotatable bonds is 4. The molecule has 2 N–H and O–H groups in total. The molecular weight excluding hydrogens is 244 g/mol. The third-order valence-corrected chi connectivity index (χ3v) is 3.49. The molecule has 106 valence electrons. The Bertz CT molecular complexity index is 419. The summed E-state index contributed by atoms with van der Waals surface area (Å²) in [5.41, 5.74) is 0. The van der Waals surface area contributed by atoms with Crippen LogP contribution in [-0.2, 0) is 0 Å². The van der Waals surface area contributed by atoms with Crippen LogP contribution in [0.3, 0.4) is 0 Å². The molecule has 1 aliphatic heterocycles. The highest BCUT2D eigenvalue weighted by Gasteiger charge is 2.17. The summed E-state index contributed by atoms with van der Waals surface area (Å²) in [6.07, 6.45) is 3.83. The van der Waals surface area contributed by atoms with Crippen molar-refractivity contribution in [2.24, 2.45) is 0 Å². The standard InChI is InChI=1S/C13H22N4O2/c1-10-5-3-4-7-17(10)8-6-14-13(18)15-12-9-11(2)19-16-12/h9-10H,3-8H2,1-2H3,(H2,14,15,16,18). The molecule has 1 atom stereocenters. The average Bonchev–Trinajstić information content (AvgIpc) is 2.77. The van der Waals surface area contributed by atoms with Gasteiger partial charge in [0, 0.05) is 25.2 Å². The molecule has 0 spiro atoms. The van der Waals surface area contributed by atoms with Crippen molar-refractivity contribution in [3.63, 3.8) is 0 Å². The Hall–Kier alpha value is -1.56. The summed E-state index contributed by atoms with van der Waals surface area (Å²) >= 11 is 0. The fraction of sp³-hybridized carbons (Fsp3) is 0.692. The number of hydrogen-bond acceptors (Lipinski definition) is 4. The Morgan fingerprint density at radius 3 is 3.11 bits per heavy atom. The number of amides is 2. The molecule has 0 aromatic carbocycles. The normalized spacial score (nSPS) is 20.2. The Labute approximate surface area is 113 Å². The molecular formula is C13H22N4O2. The zero-order chi connectivity index (χ0) is 13.7.